The minimum Gasteiger partial charge on any atom is -0.496 e. The van der Waals surface area contributed by atoms with Crippen LogP contribution < -0.4 is 10.1 Å². The molecule has 0 unspecified atom stereocenters. The number of alkyl halides is 5. The summed E-state index contributed by atoms with van der Waals surface area (Å²) in [6.07, 6.45) is -5.96. The van der Waals surface area contributed by atoms with E-state index in [1.165, 1.54) is 30.6 Å². The highest BCUT2D eigenvalue weighted by atomic mass is 35.5. The lowest BCUT2D eigenvalue weighted by atomic mass is 10.2. The molecule has 0 saturated heterocycles. The maximum absolute atomic E-state index is 12.7. The zero-order valence-corrected chi connectivity index (χ0v) is 10.8. The van der Waals surface area contributed by atoms with Crippen molar-refractivity contribution in [1.29, 1.82) is 0 Å². The van der Waals surface area contributed by atoms with Crippen molar-refractivity contribution in [3.8, 4) is 5.75 Å². The Morgan fingerprint density at radius 3 is 2.40 bits per heavy atom. The Labute approximate surface area is 115 Å². The maximum Gasteiger partial charge on any atom is 0.463 e. The smallest absolute Gasteiger partial charge is 0.463 e. The van der Waals surface area contributed by atoms with Crippen molar-refractivity contribution < 1.29 is 31.5 Å². The van der Waals surface area contributed by atoms with Gasteiger partial charge < -0.3 is 10.1 Å². The van der Waals surface area contributed by atoms with E-state index in [0.29, 0.717) is 0 Å². The average Bonchev–Trinajstić information content (AvgIpc) is 2.35. The quantitative estimate of drug-likeness (QED) is 0.866. The van der Waals surface area contributed by atoms with Crippen molar-refractivity contribution in [2.24, 2.45) is 0 Å². The van der Waals surface area contributed by atoms with Crippen LogP contribution >= 0.6 is 11.6 Å². The third-order valence-corrected chi connectivity index (χ3v) is 2.72. The van der Waals surface area contributed by atoms with E-state index in [4.69, 9.17) is 16.3 Å². The first kappa shape index (κ1) is 16.5. The van der Waals surface area contributed by atoms with Gasteiger partial charge in [0, 0.05) is 17.1 Å². The lowest BCUT2D eigenvalue weighted by molar-refractivity contribution is -0.269. The van der Waals surface area contributed by atoms with Gasteiger partial charge in [0.05, 0.1) is 7.11 Å². The SMILES string of the molecule is COc1cccc(Cl)c1CNC(=O)C(F)(F)C(F)(F)F. The number of hydrogen-bond donors (Lipinski definition) is 1. The van der Waals surface area contributed by atoms with Crippen LogP contribution in [0.4, 0.5) is 22.0 Å². The van der Waals surface area contributed by atoms with Crippen LogP contribution in [0.25, 0.3) is 0 Å². The first-order valence-electron chi connectivity index (χ1n) is 5.15. The van der Waals surface area contributed by atoms with E-state index in [-0.39, 0.29) is 16.3 Å². The fraction of sp³-hybridized carbons (Fsp3) is 0.364. The van der Waals surface area contributed by atoms with E-state index in [1.807, 2.05) is 0 Å². The summed E-state index contributed by atoms with van der Waals surface area (Å²) >= 11 is 5.75. The number of benzene rings is 1. The number of carbonyl (C=O) groups excluding carboxylic acids is 1. The topological polar surface area (TPSA) is 38.3 Å². The summed E-state index contributed by atoms with van der Waals surface area (Å²) in [6.45, 7) is -0.618. The van der Waals surface area contributed by atoms with Crippen molar-refractivity contribution in [1.82, 2.24) is 5.32 Å². The fourth-order valence-electron chi connectivity index (χ4n) is 1.31. The highest BCUT2D eigenvalue weighted by molar-refractivity contribution is 6.31. The second kappa shape index (κ2) is 5.82. The molecule has 0 radical (unpaired) electrons. The molecule has 1 amide bonds. The molecule has 1 rings (SSSR count). The highest BCUT2D eigenvalue weighted by Gasteiger charge is 2.63. The van der Waals surface area contributed by atoms with Crippen molar-refractivity contribution in [3.63, 3.8) is 0 Å². The number of nitrogens with one attached hydrogen (secondary N) is 1. The van der Waals surface area contributed by atoms with Crippen molar-refractivity contribution in [3.05, 3.63) is 28.8 Å². The van der Waals surface area contributed by atoms with Gasteiger partial charge in [-0.1, -0.05) is 17.7 Å². The normalized spacial score (nSPS) is 12.2. The third kappa shape index (κ3) is 3.30. The van der Waals surface area contributed by atoms with Gasteiger partial charge in [-0.15, -0.1) is 0 Å². The molecule has 0 saturated carbocycles. The van der Waals surface area contributed by atoms with E-state index in [0.717, 1.165) is 0 Å². The van der Waals surface area contributed by atoms with Crippen LogP contribution in [0.5, 0.6) is 5.75 Å². The summed E-state index contributed by atoms with van der Waals surface area (Å²) in [6, 6.07) is 4.31. The Bertz CT molecular complexity index is 504. The Hall–Kier alpha value is -1.57. The minimum absolute atomic E-state index is 0.0694. The van der Waals surface area contributed by atoms with Gasteiger partial charge in [0.15, 0.2) is 0 Å². The van der Waals surface area contributed by atoms with Crippen LogP contribution in [0, 0.1) is 0 Å². The summed E-state index contributed by atoms with van der Waals surface area (Å²) in [7, 11) is 1.27. The van der Waals surface area contributed by atoms with Crippen molar-refractivity contribution in [2.75, 3.05) is 7.11 Å². The molecular weight excluding hydrogens is 309 g/mol. The first-order valence-corrected chi connectivity index (χ1v) is 5.53. The van der Waals surface area contributed by atoms with Gasteiger partial charge in [-0.2, -0.15) is 22.0 Å². The van der Waals surface area contributed by atoms with Crippen LogP contribution in [0.15, 0.2) is 18.2 Å². The van der Waals surface area contributed by atoms with Crippen LogP contribution in [-0.2, 0) is 11.3 Å². The third-order valence-electron chi connectivity index (χ3n) is 2.36. The van der Waals surface area contributed by atoms with E-state index in [1.54, 1.807) is 0 Å². The minimum atomic E-state index is -5.96. The summed E-state index contributed by atoms with van der Waals surface area (Å²) in [5, 5.41) is 1.56. The number of carbonyl (C=O) groups is 1. The molecule has 1 N–H and O–H groups in total. The highest BCUT2D eigenvalue weighted by Crippen LogP contribution is 2.35. The number of amides is 1. The molecule has 0 spiro atoms. The van der Waals surface area contributed by atoms with Gasteiger partial charge in [-0.25, -0.2) is 0 Å². The molecular formula is C11H9ClF5NO2. The predicted molar refractivity (Wildman–Crippen MR) is 60.9 cm³/mol. The molecule has 0 heterocycles. The van der Waals surface area contributed by atoms with Gasteiger partial charge in [0.1, 0.15) is 5.75 Å². The lowest BCUT2D eigenvalue weighted by Gasteiger charge is -2.19. The zero-order chi connectivity index (χ0) is 15.6. The second-order valence-electron chi connectivity index (χ2n) is 3.68. The Balaban J connectivity index is 2.86. The van der Waals surface area contributed by atoms with Gasteiger partial charge >= 0.3 is 18.0 Å². The van der Waals surface area contributed by atoms with Gasteiger partial charge in [-0.3, -0.25) is 4.79 Å². The van der Waals surface area contributed by atoms with E-state index < -0.39 is 24.6 Å². The monoisotopic (exact) mass is 317 g/mol. The molecule has 112 valence electrons. The van der Waals surface area contributed by atoms with Gasteiger partial charge in [0.25, 0.3) is 0 Å². The molecule has 0 aromatic heterocycles. The zero-order valence-electron chi connectivity index (χ0n) is 10.0. The van der Waals surface area contributed by atoms with E-state index >= 15 is 0 Å². The van der Waals surface area contributed by atoms with Crippen LogP contribution in [0.3, 0.4) is 0 Å². The summed E-state index contributed by atoms with van der Waals surface area (Å²) < 4.78 is 66.2. The second-order valence-corrected chi connectivity index (χ2v) is 4.08. The molecule has 0 aliphatic carbocycles. The van der Waals surface area contributed by atoms with Crippen molar-refractivity contribution in [2.45, 2.75) is 18.6 Å². The molecule has 3 nitrogen and oxygen atoms in total. The summed E-state index contributed by atoms with van der Waals surface area (Å²) in [5.41, 5.74) is 0.1000. The molecule has 1 aromatic carbocycles. The van der Waals surface area contributed by atoms with Crippen molar-refractivity contribution >= 4 is 17.5 Å². The molecule has 0 aliphatic rings. The first-order chi connectivity index (χ1) is 9.11. The predicted octanol–water partition coefficient (Wildman–Crippen LogP) is 3.16. The Morgan fingerprint density at radius 1 is 1.30 bits per heavy atom. The van der Waals surface area contributed by atoms with Crippen LogP contribution in [-0.4, -0.2) is 25.1 Å². The molecule has 0 aliphatic heterocycles. The Morgan fingerprint density at radius 2 is 1.90 bits per heavy atom. The van der Waals surface area contributed by atoms with Gasteiger partial charge in [-0.05, 0) is 12.1 Å². The number of methoxy groups -OCH3 is 1. The number of rotatable bonds is 4. The van der Waals surface area contributed by atoms with E-state index in [9.17, 15) is 26.7 Å². The Kier molecular flexibility index (Phi) is 4.80. The molecule has 20 heavy (non-hydrogen) atoms. The molecule has 0 bridgehead atoms. The van der Waals surface area contributed by atoms with Crippen LogP contribution in [0.2, 0.25) is 5.02 Å². The number of hydrogen-bond acceptors (Lipinski definition) is 2. The fourth-order valence-corrected chi connectivity index (χ4v) is 1.54. The standard InChI is InChI=1S/C11H9ClF5NO2/c1-20-8-4-2-3-7(12)6(8)5-18-9(19)10(13,14)11(15,16)17/h2-4H,5H2,1H3,(H,18,19). The molecule has 0 fully saturated rings. The van der Waals surface area contributed by atoms with E-state index in [2.05, 4.69) is 0 Å². The van der Waals surface area contributed by atoms with Crippen LogP contribution in [0.1, 0.15) is 5.56 Å². The summed E-state index contributed by atoms with van der Waals surface area (Å²) in [5.74, 6) is -7.76. The largest absolute Gasteiger partial charge is 0.496 e. The number of ether oxygens (including phenoxy) is 1. The summed E-state index contributed by atoms with van der Waals surface area (Å²) in [4.78, 5) is 10.9. The molecule has 1 aromatic rings. The maximum atomic E-state index is 12.7. The lowest BCUT2D eigenvalue weighted by Crippen LogP contribution is -2.50. The molecule has 0 atom stereocenters. The van der Waals surface area contributed by atoms with Gasteiger partial charge in [0.2, 0.25) is 0 Å². The average molecular weight is 318 g/mol. The number of halogens is 6. The molecule has 9 heteroatoms.